The van der Waals surface area contributed by atoms with Crippen molar-refractivity contribution in [3.05, 3.63) is 29.3 Å². The summed E-state index contributed by atoms with van der Waals surface area (Å²) in [5.41, 5.74) is 0.224. The number of esters is 2. The second-order valence-electron chi connectivity index (χ2n) is 3.72. The van der Waals surface area contributed by atoms with Crippen molar-refractivity contribution in [2.75, 3.05) is 20.8 Å². The molecule has 1 aromatic carbocycles. The van der Waals surface area contributed by atoms with E-state index in [4.69, 9.17) is 9.84 Å². The average molecular weight is 282 g/mol. The summed E-state index contributed by atoms with van der Waals surface area (Å²) in [4.78, 5) is 33.4. The molecule has 0 heterocycles. The van der Waals surface area contributed by atoms with Crippen LogP contribution < -0.4 is 4.74 Å². The quantitative estimate of drug-likeness (QED) is 0.780. The van der Waals surface area contributed by atoms with Gasteiger partial charge in [0.25, 0.3) is 0 Å². The molecule has 1 rings (SSSR count). The number of hydrogen-bond donors (Lipinski definition) is 1. The third kappa shape index (κ3) is 4.27. The predicted molar refractivity (Wildman–Crippen MR) is 66.9 cm³/mol. The van der Waals surface area contributed by atoms with Crippen molar-refractivity contribution >= 4 is 17.9 Å². The van der Waals surface area contributed by atoms with Crippen molar-refractivity contribution in [2.45, 2.75) is 6.42 Å². The summed E-state index contributed by atoms with van der Waals surface area (Å²) >= 11 is 0. The van der Waals surface area contributed by atoms with E-state index in [9.17, 15) is 14.4 Å². The number of carboxylic acid groups (broad SMARTS) is 1. The third-order valence-electron chi connectivity index (χ3n) is 2.33. The van der Waals surface area contributed by atoms with Gasteiger partial charge in [0, 0.05) is 0 Å². The van der Waals surface area contributed by atoms with Crippen molar-refractivity contribution in [2.24, 2.45) is 0 Å². The molecule has 0 radical (unpaired) electrons. The molecular weight excluding hydrogens is 268 g/mol. The Hall–Kier alpha value is -2.57. The number of aliphatic carboxylic acids is 1. The first-order valence-electron chi connectivity index (χ1n) is 5.64. The Morgan fingerprint density at radius 2 is 1.50 bits per heavy atom. The van der Waals surface area contributed by atoms with Crippen LogP contribution in [-0.4, -0.2) is 43.8 Å². The van der Waals surface area contributed by atoms with Gasteiger partial charge >= 0.3 is 17.9 Å². The first-order valence-corrected chi connectivity index (χ1v) is 5.64. The fourth-order valence-corrected chi connectivity index (χ4v) is 1.41. The Balaban J connectivity index is 3.00. The first kappa shape index (κ1) is 15.5. The Morgan fingerprint density at radius 1 is 1.00 bits per heavy atom. The highest BCUT2D eigenvalue weighted by atomic mass is 16.5. The highest BCUT2D eigenvalue weighted by Gasteiger charge is 2.14. The molecule has 0 unspecified atom stereocenters. The van der Waals surface area contributed by atoms with Gasteiger partial charge < -0.3 is 19.3 Å². The van der Waals surface area contributed by atoms with E-state index < -0.39 is 17.9 Å². The van der Waals surface area contributed by atoms with Crippen molar-refractivity contribution in [3.63, 3.8) is 0 Å². The van der Waals surface area contributed by atoms with Crippen LogP contribution in [0.2, 0.25) is 0 Å². The maximum Gasteiger partial charge on any atom is 0.338 e. The predicted octanol–water partition coefficient (Wildman–Crippen LogP) is 1.11. The summed E-state index contributed by atoms with van der Waals surface area (Å²) in [6.45, 7) is -0.0828. The maximum absolute atomic E-state index is 11.5. The van der Waals surface area contributed by atoms with Crippen molar-refractivity contribution in [3.8, 4) is 5.75 Å². The molecule has 7 nitrogen and oxygen atoms in total. The molecule has 0 aromatic heterocycles. The Labute approximate surface area is 115 Å². The molecule has 0 saturated heterocycles. The van der Waals surface area contributed by atoms with Crippen LogP contribution in [0.3, 0.4) is 0 Å². The molecule has 20 heavy (non-hydrogen) atoms. The van der Waals surface area contributed by atoms with Crippen molar-refractivity contribution in [1.82, 2.24) is 0 Å². The molecule has 0 atom stereocenters. The smallest absolute Gasteiger partial charge is 0.338 e. The molecule has 0 amide bonds. The largest absolute Gasteiger partial charge is 0.493 e. The van der Waals surface area contributed by atoms with Gasteiger partial charge in [0.05, 0.1) is 38.4 Å². The van der Waals surface area contributed by atoms with E-state index in [1.807, 2.05) is 0 Å². The summed E-state index contributed by atoms with van der Waals surface area (Å²) in [6, 6.07) is 4.03. The van der Waals surface area contributed by atoms with Crippen LogP contribution in [0, 0.1) is 0 Å². The number of methoxy groups -OCH3 is 2. The van der Waals surface area contributed by atoms with Crippen molar-refractivity contribution < 1.29 is 33.7 Å². The Kier molecular flexibility index (Phi) is 5.52. The fraction of sp³-hybridized carbons (Fsp3) is 0.308. The lowest BCUT2D eigenvalue weighted by molar-refractivity contribution is -0.137. The van der Waals surface area contributed by atoms with E-state index in [0.29, 0.717) is 0 Å². The summed E-state index contributed by atoms with van der Waals surface area (Å²) < 4.78 is 14.3. The summed E-state index contributed by atoms with van der Waals surface area (Å²) in [5, 5.41) is 8.53. The van der Waals surface area contributed by atoms with E-state index in [0.717, 1.165) is 0 Å². The van der Waals surface area contributed by atoms with Crippen molar-refractivity contribution in [1.29, 1.82) is 0 Å². The van der Waals surface area contributed by atoms with E-state index in [2.05, 4.69) is 9.47 Å². The number of ether oxygens (including phenoxy) is 3. The summed E-state index contributed by atoms with van der Waals surface area (Å²) in [5.74, 6) is -2.10. The Morgan fingerprint density at radius 3 is 1.90 bits per heavy atom. The van der Waals surface area contributed by atoms with E-state index >= 15 is 0 Å². The summed E-state index contributed by atoms with van der Waals surface area (Å²) in [7, 11) is 2.41. The molecule has 0 aliphatic heterocycles. The number of benzene rings is 1. The third-order valence-corrected chi connectivity index (χ3v) is 2.33. The number of rotatable bonds is 6. The van der Waals surface area contributed by atoms with Gasteiger partial charge in [-0.3, -0.25) is 4.79 Å². The SMILES string of the molecule is COC(=O)c1cc(OCCC(=O)O)cc(C(=O)OC)c1. The minimum Gasteiger partial charge on any atom is -0.493 e. The number of carbonyl (C=O) groups excluding carboxylic acids is 2. The number of carbonyl (C=O) groups is 3. The molecule has 108 valence electrons. The fourth-order valence-electron chi connectivity index (χ4n) is 1.41. The molecule has 7 heteroatoms. The molecule has 0 fully saturated rings. The first-order chi connectivity index (χ1) is 9.47. The molecule has 0 aliphatic carbocycles. The zero-order valence-electron chi connectivity index (χ0n) is 11.0. The van der Waals surface area contributed by atoms with E-state index in [1.165, 1.54) is 32.4 Å². The molecule has 1 aromatic rings. The van der Waals surface area contributed by atoms with Crippen LogP contribution in [0.25, 0.3) is 0 Å². The normalized spacial score (nSPS) is 9.70. The second kappa shape index (κ2) is 7.13. The monoisotopic (exact) mass is 282 g/mol. The van der Waals surface area contributed by atoms with Gasteiger partial charge in [-0.25, -0.2) is 9.59 Å². The second-order valence-corrected chi connectivity index (χ2v) is 3.72. The lowest BCUT2D eigenvalue weighted by atomic mass is 10.1. The number of hydrogen-bond acceptors (Lipinski definition) is 6. The van der Waals surface area contributed by atoms with Gasteiger partial charge in [0.1, 0.15) is 5.75 Å². The average Bonchev–Trinajstić information content (AvgIpc) is 2.44. The molecule has 1 N–H and O–H groups in total. The molecule has 0 aliphatic rings. The van der Waals surface area contributed by atoms with Gasteiger partial charge in [-0.1, -0.05) is 0 Å². The molecular formula is C13H14O7. The van der Waals surface area contributed by atoms with Crippen LogP contribution in [0.5, 0.6) is 5.75 Å². The van der Waals surface area contributed by atoms with E-state index in [-0.39, 0.29) is 29.9 Å². The van der Waals surface area contributed by atoms with Crippen LogP contribution in [0.4, 0.5) is 0 Å². The van der Waals surface area contributed by atoms with E-state index in [1.54, 1.807) is 0 Å². The Bertz CT molecular complexity index is 487. The minimum absolute atomic E-state index is 0.0828. The van der Waals surface area contributed by atoms with Crippen LogP contribution in [0.15, 0.2) is 18.2 Å². The van der Waals surface area contributed by atoms with Crippen LogP contribution in [-0.2, 0) is 14.3 Å². The molecule has 0 bridgehead atoms. The zero-order chi connectivity index (χ0) is 15.1. The summed E-state index contributed by atoms with van der Waals surface area (Å²) in [6.07, 6.45) is -0.198. The highest BCUT2D eigenvalue weighted by Crippen LogP contribution is 2.19. The topological polar surface area (TPSA) is 99.1 Å². The lowest BCUT2D eigenvalue weighted by Gasteiger charge is -2.09. The standard InChI is InChI=1S/C13H14O7/c1-18-12(16)8-5-9(13(17)19-2)7-10(6-8)20-4-3-11(14)15/h5-7H,3-4H2,1-2H3,(H,14,15). The zero-order valence-corrected chi connectivity index (χ0v) is 11.0. The van der Waals surface area contributed by atoms with Crippen LogP contribution in [0.1, 0.15) is 27.1 Å². The van der Waals surface area contributed by atoms with Gasteiger partial charge in [0.15, 0.2) is 0 Å². The van der Waals surface area contributed by atoms with Gasteiger partial charge in [0.2, 0.25) is 0 Å². The van der Waals surface area contributed by atoms with Gasteiger partial charge in [-0.05, 0) is 18.2 Å². The minimum atomic E-state index is -1.01. The lowest BCUT2D eigenvalue weighted by Crippen LogP contribution is -2.09. The van der Waals surface area contributed by atoms with Gasteiger partial charge in [-0.15, -0.1) is 0 Å². The highest BCUT2D eigenvalue weighted by molar-refractivity contribution is 5.96. The molecule has 0 saturated carbocycles. The number of carboxylic acids is 1. The van der Waals surface area contributed by atoms with Gasteiger partial charge in [-0.2, -0.15) is 0 Å². The molecule has 0 spiro atoms. The maximum atomic E-state index is 11.5. The van der Waals surface area contributed by atoms with Crippen LogP contribution >= 0.6 is 0 Å².